The molecule has 1 heterocycles. The monoisotopic (exact) mass is 444 g/mol. The van der Waals surface area contributed by atoms with E-state index in [-0.39, 0.29) is 0 Å². The van der Waals surface area contributed by atoms with Crippen molar-refractivity contribution in [3.8, 4) is 0 Å². The molecule has 0 amide bonds. The van der Waals surface area contributed by atoms with Crippen LogP contribution in [-0.4, -0.2) is 69.3 Å². The second kappa shape index (κ2) is 11.6. The third-order valence-corrected chi connectivity index (χ3v) is 5.63. The van der Waals surface area contributed by atoms with Gasteiger partial charge < -0.3 is 29.5 Å². The second-order valence-electron chi connectivity index (χ2n) is 8.46. The number of cyclic esters (lactones) is 1. The van der Waals surface area contributed by atoms with Gasteiger partial charge in [-0.3, -0.25) is 9.59 Å². The zero-order chi connectivity index (χ0) is 23.9. The van der Waals surface area contributed by atoms with Crippen LogP contribution in [0, 0.1) is 11.8 Å². The Morgan fingerprint density at radius 3 is 2.42 bits per heavy atom. The van der Waals surface area contributed by atoms with Crippen LogP contribution >= 0.6 is 0 Å². The van der Waals surface area contributed by atoms with E-state index in [1.165, 1.54) is 33.8 Å². The van der Waals surface area contributed by atoms with E-state index in [1.54, 1.807) is 0 Å². The zero-order valence-electron chi connectivity index (χ0n) is 19.1. The molecule has 0 aromatic heterocycles. The van der Waals surface area contributed by atoms with Gasteiger partial charge in [0, 0.05) is 18.9 Å². The van der Waals surface area contributed by atoms with E-state index in [2.05, 4.69) is 0 Å². The van der Waals surface area contributed by atoms with Gasteiger partial charge in [-0.15, -0.1) is 0 Å². The van der Waals surface area contributed by atoms with Gasteiger partial charge in [-0.2, -0.15) is 0 Å². The van der Waals surface area contributed by atoms with Crippen LogP contribution in [0.15, 0.2) is 12.2 Å². The highest BCUT2D eigenvalue weighted by Crippen LogP contribution is 2.34. The summed E-state index contributed by atoms with van der Waals surface area (Å²) in [6.45, 7) is 8.82. The summed E-state index contributed by atoms with van der Waals surface area (Å²) >= 11 is 0. The molecule has 1 rings (SSSR count). The van der Waals surface area contributed by atoms with Gasteiger partial charge in [-0.1, -0.05) is 26.7 Å². The van der Waals surface area contributed by atoms with Crippen molar-refractivity contribution in [2.75, 3.05) is 0 Å². The van der Waals surface area contributed by atoms with Crippen molar-refractivity contribution in [1.82, 2.24) is 0 Å². The van der Waals surface area contributed by atoms with E-state index in [9.17, 15) is 29.7 Å². The number of esters is 3. The molecule has 3 N–H and O–H groups in total. The molecule has 0 unspecified atom stereocenters. The fraction of sp³-hybridized carbons (Fsp3) is 0.773. The topological polar surface area (TPSA) is 140 Å². The lowest BCUT2D eigenvalue weighted by molar-refractivity contribution is -0.198. The van der Waals surface area contributed by atoms with Gasteiger partial charge in [0.15, 0.2) is 0 Å². The lowest BCUT2D eigenvalue weighted by Gasteiger charge is -2.40. The van der Waals surface area contributed by atoms with Gasteiger partial charge >= 0.3 is 17.9 Å². The van der Waals surface area contributed by atoms with Crippen molar-refractivity contribution < 1.29 is 43.9 Å². The molecule has 178 valence electrons. The molecule has 1 aliphatic rings. The van der Waals surface area contributed by atoms with Crippen molar-refractivity contribution in [3.63, 3.8) is 0 Å². The fourth-order valence-corrected chi connectivity index (χ4v) is 3.77. The highest BCUT2D eigenvalue weighted by molar-refractivity contribution is 5.82. The summed E-state index contributed by atoms with van der Waals surface area (Å²) < 4.78 is 16.0. The number of rotatable bonds is 7. The van der Waals surface area contributed by atoms with Crippen molar-refractivity contribution >= 4 is 17.9 Å². The minimum Gasteiger partial charge on any atom is -0.458 e. The lowest BCUT2D eigenvalue weighted by atomic mass is 9.78. The molecular formula is C22H36O9. The van der Waals surface area contributed by atoms with Crippen molar-refractivity contribution in [1.29, 1.82) is 0 Å². The Balaban J connectivity index is 3.13. The quantitative estimate of drug-likeness (QED) is 0.301. The Morgan fingerprint density at radius 2 is 1.87 bits per heavy atom. The number of carbonyl (C=O) groups excluding carboxylic acids is 3. The van der Waals surface area contributed by atoms with Crippen LogP contribution in [0.25, 0.3) is 0 Å². The van der Waals surface area contributed by atoms with Gasteiger partial charge in [0.1, 0.15) is 23.9 Å². The largest absolute Gasteiger partial charge is 0.458 e. The van der Waals surface area contributed by atoms with Crippen LogP contribution in [0.5, 0.6) is 0 Å². The van der Waals surface area contributed by atoms with Crippen LogP contribution in [0.1, 0.15) is 60.8 Å². The maximum Gasteiger partial charge on any atom is 0.330 e. The molecule has 0 aromatic carbocycles. The molecule has 31 heavy (non-hydrogen) atoms. The summed E-state index contributed by atoms with van der Waals surface area (Å²) in [6.07, 6.45) is -1.12. The average molecular weight is 445 g/mol. The molecule has 1 aliphatic heterocycles. The summed E-state index contributed by atoms with van der Waals surface area (Å²) in [7, 11) is 0. The van der Waals surface area contributed by atoms with Gasteiger partial charge in [0.2, 0.25) is 0 Å². The van der Waals surface area contributed by atoms with Crippen LogP contribution in [0.3, 0.4) is 0 Å². The maximum atomic E-state index is 12.6. The van der Waals surface area contributed by atoms with Crippen molar-refractivity contribution in [2.45, 2.75) is 96.9 Å². The zero-order valence-corrected chi connectivity index (χ0v) is 19.1. The SMILES string of the molecule is CCCC[C@@H](O)C=CC(=O)O[C@@H]1[C@@H](C)[C@H](O)[C@@](C)(O)[C@H](OC(C)=O)[C@H](C)C(=O)O[C@H]1C. The molecule has 9 nitrogen and oxygen atoms in total. The minimum atomic E-state index is -2.02. The van der Waals surface area contributed by atoms with Gasteiger partial charge in [-0.05, 0) is 33.3 Å². The van der Waals surface area contributed by atoms with Crippen LogP contribution in [-0.2, 0) is 28.6 Å². The standard InChI is InChI=1S/C22H36O9/c1-7-8-9-16(24)10-11-17(25)31-18-12(2)19(26)22(6,28)20(30-15(5)23)13(3)21(27)29-14(18)4/h10-14,16,18-20,24,26,28H,7-9H2,1-6H3/t12-,13+,14+,16-,18-,19+,20-,22-/m1/s1. The molecule has 1 saturated heterocycles. The smallest absolute Gasteiger partial charge is 0.330 e. The molecule has 1 fully saturated rings. The fourth-order valence-electron chi connectivity index (χ4n) is 3.77. The Labute approximate surface area is 183 Å². The van der Waals surface area contributed by atoms with Gasteiger partial charge in [-0.25, -0.2) is 4.79 Å². The molecule has 0 aromatic rings. The number of aliphatic hydroxyl groups is 3. The van der Waals surface area contributed by atoms with E-state index in [1.807, 2.05) is 6.92 Å². The Bertz CT molecular complexity index is 657. The second-order valence-corrected chi connectivity index (χ2v) is 8.46. The first-order chi connectivity index (χ1) is 14.3. The number of ether oxygens (including phenoxy) is 3. The Hall–Kier alpha value is -1.97. The third-order valence-electron chi connectivity index (χ3n) is 5.63. The van der Waals surface area contributed by atoms with E-state index >= 15 is 0 Å². The Kier molecular flexibility index (Phi) is 10.1. The molecule has 0 bridgehead atoms. The average Bonchev–Trinajstić information content (AvgIpc) is 2.71. The van der Waals surface area contributed by atoms with Gasteiger partial charge in [0.25, 0.3) is 0 Å². The van der Waals surface area contributed by atoms with E-state index in [4.69, 9.17) is 14.2 Å². The number of aliphatic hydroxyl groups excluding tert-OH is 2. The molecular weight excluding hydrogens is 408 g/mol. The molecule has 0 spiro atoms. The number of hydrogen-bond acceptors (Lipinski definition) is 9. The molecule has 0 saturated carbocycles. The van der Waals surface area contributed by atoms with E-state index in [0.717, 1.165) is 25.8 Å². The predicted octanol–water partition coefficient (Wildman–Crippen LogP) is 1.27. The van der Waals surface area contributed by atoms with Crippen molar-refractivity contribution in [3.05, 3.63) is 12.2 Å². The molecule has 9 heteroatoms. The number of unbranched alkanes of at least 4 members (excludes halogenated alkanes) is 1. The Morgan fingerprint density at radius 1 is 1.26 bits per heavy atom. The highest BCUT2D eigenvalue weighted by atomic mass is 16.6. The first kappa shape index (κ1) is 27.1. The number of carbonyl (C=O) groups is 3. The molecule has 0 aliphatic carbocycles. The maximum absolute atomic E-state index is 12.6. The lowest BCUT2D eigenvalue weighted by Crippen LogP contribution is -2.58. The summed E-state index contributed by atoms with van der Waals surface area (Å²) in [4.78, 5) is 36.4. The molecule has 8 atom stereocenters. The van der Waals surface area contributed by atoms with E-state index in [0.29, 0.717) is 6.42 Å². The molecule has 0 radical (unpaired) electrons. The normalized spacial score (nSPS) is 35.5. The van der Waals surface area contributed by atoms with E-state index < -0.39 is 65.9 Å². The first-order valence-electron chi connectivity index (χ1n) is 10.7. The van der Waals surface area contributed by atoms with Crippen molar-refractivity contribution in [2.24, 2.45) is 11.8 Å². The third kappa shape index (κ3) is 7.29. The van der Waals surface area contributed by atoms with Crippen LogP contribution in [0.2, 0.25) is 0 Å². The first-order valence-corrected chi connectivity index (χ1v) is 10.7. The summed E-state index contributed by atoms with van der Waals surface area (Å²) in [5.74, 6) is -4.25. The summed E-state index contributed by atoms with van der Waals surface area (Å²) in [5.41, 5.74) is -2.02. The highest BCUT2D eigenvalue weighted by Gasteiger charge is 2.52. The predicted molar refractivity (Wildman–Crippen MR) is 111 cm³/mol. The minimum absolute atomic E-state index is 0.505. The van der Waals surface area contributed by atoms with Gasteiger partial charge in [0.05, 0.1) is 18.1 Å². The van der Waals surface area contributed by atoms with Crippen LogP contribution in [0.4, 0.5) is 0 Å². The summed E-state index contributed by atoms with van der Waals surface area (Å²) in [6, 6.07) is 0. The van der Waals surface area contributed by atoms with Crippen LogP contribution < -0.4 is 0 Å². The number of hydrogen-bond donors (Lipinski definition) is 3. The summed E-state index contributed by atoms with van der Waals surface area (Å²) in [5, 5.41) is 31.8.